The van der Waals surface area contributed by atoms with Gasteiger partial charge in [-0.2, -0.15) is 0 Å². The number of ketones is 1. The summed E-state index contributed by atoms with van der Waals surface area (Å²) >= 11 is 0. The van der Waals surface area contributed by atoms with Crippen molar-refractivity contribution in [2.24, 2.45) is 0 Å². The molecule has 1 aromatic rings. The average Bonchev–Trinajstić information content (AvgIpc) is 2.62. The van der Waals surface area contributed by atoms with Gasteiger partial charge in [0, 0.05) is 5.57 Å². The molecule has 16 heavy (non-hydrogen) atoms. The first-order valence-electron chi connectivity index (χ1n) is 5.28. The molecular formula is C14H14O2. The standard InChI is InChI=1S/C14H14O2/c1-10-3-6-12(14(10)15)9-11-4-7-13(16-2)8-5-11/h4-5,7-9H,1,3,6H2,2H3. The number of allylic oxidation sites excluding steroid dienone is 2. The summed E-state index contributed by atoms with van der Waals surface area (Å²) < 4.78 is 5.08. The molecular weight excluding hydrogens is 200 g/mol. The van der Waals surface area contributed by atoms with Gasteiger partial charge in [0.25, 0.3) is 0 Å². The van der Waals surface area contributed by atoms with E-state index in [0.29, 0.717) is 0 Å². The molecule has 1 aliphatic carbocycles. The van der Waals surface area contributed by atoms with Crippen molar-refractivity contribution < 1.29 is 9.53 Å². The molecule has 2 rings (SSSR count). The van der Waals surface area contributed by atoms with E-state index >= 15 is 0 Å². The largest absolute Gasteiger partial charge is 0.497 e. The molecule has 0 atom stereocenters. The lowest BCUT2D eigenvalue weighted by molar-refractivity contribution is -0.111. The Labute approximate surface area is 95.2 Å². The SMILES string of the molecule is C=C1CCC(=Cc2ccc(OC)cc2)C1=O. The Morgan fingerprint density at radius 1 is 1.25 bits per heavy atom. The van der Waals surface area contributed by atoms with Gasteiger partial charge in [-0.15, -0.1) is 0 Å². The summed E-state index contributed by atoms with van der Waals surface area (Å²) in [6.45, 7) is 3.74. The Kier molecular flexibility index (Phi) is 2.91. The molecule has 1 aromatic carbocycles. The zero-order valence-corrected chi connectivity index (χ0v) is 9.32. The molecule has 0 spiro atoms. The van der Waals surface area contributed by atoms with Gasteiger partial charge in [-0.1, -0.05) is 18.7 Å². The monoisotopic (exact) mass is 214 g/mol. The third-order valence-corrected chi connectivity index (χ3v) is 2.77. The molecule has 2 heteroatoms. The maximum Gasteiger partial charge on any atom is 0.184 e. The summed E-state index contributed by atoms with van der Waals surface area (Å²) in [6, 6.07) is 7.67. The van der Waals surface area contributed by atoms with Gasteiger partial charge >= 0.3 is 0 Å². The second-order valence-electron chi connectivity index (χ2n) is 3.88. The number of carbonyl (C=O) groups excluding carboxylic acids is 1. The van der Waals surface area contributed by atoms with Crippen molar-refractivity contribution in [1.29, 1.82) is 0 Å². The van der Waals surface area contributed by atoms with Gasteiger partial charge in [-0.25, -0.2) is 0 Å². The minimum Gasteiger partial charge on any atom is -0.497 e. The van der Waals surface area contributed by atoms with Crippen LogP contribution in [-0.4, -0.2) is 12.9 Å². The van der Waals surface area contributed by atoms with Crippen molar-refractivity contribution in [3.8, 4) is 5.75 Å². The first-order valence-corrected chi connectivity index (χ1v) is 5.28. The van der Waals surface area contributed by atoms with E-state index in [4.69, 9.17) is 4.74 Å². The molecule has 1 fully saturated rings. The Morgan fingerprint density at radius 2 is 1.94 bits per heavy atom. The second kappa shape index (κ2) is 4.35. The van der Waals surface area contributed by atoms with E-state index in [1.165, 1.54) is 0 Å². The van der Waals surface area contributed by atoms with Gasteiger partial charge in [0.2, 0.25) is 0 Å². The van der Waals surface area contributed by atoms with Crippen LogP contribution >= 0.6 is 0 Å². The number of ether oxygens (including phenoxy) is 1. The third kappa shape index (κ3) is 2.06. The molecule has 0 unspecified atom stereocenters. The molecule has 82 valence electrons. The van der Waals surface area contributed by atoms with Crippen molar-refractivity contribution in [2.75, 3.05) is 7.11 Å². The molecule has 0 aliphatic heterocycles. The Bertz CT molecular complexity index is 452. The minimum absolute atomic E-state index is 0.107. The summed E-state index contributed by atoms with van der Waals surface area (Å²) in [4.78, 5) is 11.6. The lowest BCUT2D eigenvalue weighted by Crippen LogP contribution is -1.93. The van der Waals surface area contributed by atoms with Crippen molar-refractivity contribution in [1.82, 2.24) is 0 Å². The topological polar surface area (TPSA) is 26.3 Å². The maximum atomic E-state index is 11.6. The van der Waals surface area contributed by atoms with Crippen molar-refractivity contribution >= 4 is 11.9 Å². The number of hydrogen-bond donors (Lipinski definition) is 0. The van der Waals surface area contributed by atoms with Crippen LogP contribution in [0.5, 0.6) is 5.75 Å². The normalized spacial score (nSPS) is 18.2. The van der Waals surface area contributed by atoms with E-state index in [0.717, 1.165) is 35.3 Å². The lowest BCUT2D eigenvalue weighted by Gasteiger charge is -2.00. The molecule has 1 saturated carbocycles. The highest BCUT2D eigenvalue weighted by atomic mass is 16.5. The first-order chi connectivity index (χ1) is 7.70. The van der Waals surface area contributed by atoms with Crippen LogP contribution in [0.4, 0.5) is 0 Å². The molecule has 0 saturated heterocycles. The number of hydrogen-bond acceptors (Lipinski definition) is 2. The molecule has 0 bridgehead atoms. The Balaban J connectivity index is 2.23. The van der Waals surface area contributed by atoms with Crippen LogP contribution in [0.15, 0.2) is 42.0 Å². The molecule has 2 nitrogen and oxygen atoms in total. The van der Waals surface area contributed by atoms with Gasteiger partial charge in [-0.3, -0.25) is 4.79 Å². The van der Waals surface area contributed by atoms with Crippen LogP contribution in [0.1, 0.15) is 18.4 Å². The number of methoxy groups -OCH3 is 1. The fourth-order valence-corrected chi connectivity index (χ4v) is 1.78. The predicted molar refractivity (Wildman–Crippen MR) is 64.4 cm³/mol. The number of Topliss-reactive ketones (excluding diaryl/α,β-unsaturated/α-hetero) is 1. The van der Waals surface area contributed by atoms with E-state index in [1.807, 2.05) is 30.3 Å². The minimum atomic E-state index is 0.107. The third-order valence-electron chi connectivity index (χ3n) is 2.77. The smallest absolute Gasteiger partial charge is 0.184 e. The molecule has 0 heterocycles. The fourth-order valence-electron chi connectivity index (χ4n) is 1.78. The highest BCUT2D eigenvalue weighted by molar-refractivity contribution is 6.12. The average molecular weight is 214 g/mol. The lowest BCUT2D eigenvalue weighted by atomic mass is 10.1. The van der Waals surface area contributed by atoms with E-state index in [2.05, 4.69) is 6.58 Å². The molecule has 1 aliphatic rings. The van der Waals surface area contributed by atoms with Crippen molar-refractivity contribution in [2.45, 2.75) is 12.8 Å². The maximum absolute atomic E-state index is 11.6. The summed E-state index contributed by atoms with van der Waals surface area (Å²) in [5, 5.41) is 0. The molecule has 0 radical (unpaired) electrons. The highest BCUT2D eigenvalue weighted by Crippen LogP contribution is 2.26. The van der Waals surface area contributed by atoms with E-state index in [1.54, 1.807) is 7.11 Å². The second-order valence-corrected chi connectivity index (χ2v) is 3.88. The van der Waals surface area contributed by atoms with Gasteiger partial charge in [0.05, 0.1) is 7.11 Å². The fraction of sp³-hybridized carbons (Fsp3) is 0.214. The van der Waals surface area contributed by atoms with Crippen LogP contribution in [0, 0.1) is 0 Å². The van der Waals surface area contributed by atoms with Crippen LogP contribution in [0.25, 0.3) is 6.08 Å². The van der Waals surface area contributed by atoms with E-state index in [9.17, 15) is 4.79 Å². The van der Waals surface area contributed by atoms with Gasteiger partial charge in [-0.05, 0) is 42.2 Å². The van der Waals surface area contributed by atoms with Crippen molar-refractivity contribution in [3.63, 3.8) is 0 Å². The van der Waals surface area contributed by atoms with E-state index in [-0.39, 0.29) is 5.78 Å². The summed E-state index contributed by atoms with van der Waals surface area (Å²) in [7, 11) is 1.64. The molecule has 0 N–H and O–H groups in total. The summed E-state index contributed by atoms with van der Waals surface area (Å²) in [6.07, 6.45) is 3.53. The van der Waals surface area contributed by atoms with Crippen LogP contribution in [0.3, 0.4) is 0 Å². The Hall–Kier alpha value is -1.83. The van der Waals surface area contributed by atoms with Gasteiger partial charge < -0.3 is 4.74 Å². The highest BCUT2D eigenvalue weighted by Gasteiger charge is 2.20. The number of benzene rings is 1. The summed E-state index contributed by atoms with van der Waals surface area (Å²) in [5.41, 5.74) is 2.61. The van der Waals surface area contributed by atoms with Gasteiger partial charge in [0.15, 0.2) is 5.78 Å². The van der Waals surface area contributed by atoms with Crippen LogP contribution in [0.2, 0.25) is 0 Å². The number of rotatable bonds is 2. The first kappa shape index (κ1) is 10.7. The zero-order valence-electron chi connectivity index (χ0n) is 9.32. The summed E-state index contributed by atoms with van der Waals surface area (Å²) in [5.74, 6) is 0.931. The predicted octanol–water partition coefficient (Wildman–Crippen LogP) is 3.00. The van der Waals surface area contributed by atoms with Crippen LogP contribution < -0.4 is 4.74 Å². The molecule has 0 amide bonds. The zero-order chi connectivity index (χ0) is 11.5. The Morgan fingerprint density at radius 3 is 2.44 bits per heavy atom. The van der Waals surface area contributed by atoms with Crippen molar-refractivity contribution in [3.05, 3.63) is 47.6 Å². The number of carbonyl (C=O) groups is 1. The molecule has 0 aromatic heterocycles. The quantitative estimate of drug-likeness (QED) is 0.707. The van der Waals surface area contributed by atoms with Gasteiger partial charge in [0.1, 0.15) is 5.75 Å². The van der Waals surface area contributed by atoms with Crippen LogP contribution in [-0.2, 0) is 4.79 Å². The van der Waals surface area contributed by atoms with E-state index < -0.39 is 0 Å².